The molecule has 1 amide bonds. The van der Waals surface area contributed by atoms with Crippen LogP contribution in [0.2, 0.25) is 0 Å². The third-order valence-electron chi connectivity index (χ3n) is 4.57. The second-order valence-corrected chi connectivity index (χ2v) is 7.10. The summed E-state index contributed by atoms with van der Waals surface area (Å²) in [4.78, 5) is 14.3. The van der Waals surface area contributed by atoms with Gasteiger partial charge in [0.1, 0.15) is 0 Å². The lowest BCUT2D eigenvalue weighted by Crippen LogP contribution is -2.32. The highest BCUT2D eigenvalue weighted by molar-refractivity contribution is 7.07. The molecule has 0 bridgehead atoms. The van der Waals surface area contributed by atoms with E-state index in [9.17, 15) is 4.79 Å². The van der Waals surface area contributed by atoms with Crippen LogP contribution in [-0.4, -0.2) is 46.3 Å². The number of ether oxygens (including phenoxy) is 1. The molecule has 2 fully saturated rings. The van der Waals surface area contributed by atoms with E-state index in [4.69, 9.17) is 9.15 Å². The highest BCUT2D eigenvalue weighted by Gasteiger charge is 2.43. The summed E-state index contributed by atoms with van der Waals surface area (Å²) in [5.74, 6) is 1.85. The van der Waals surface area contributed by atoms with Crippen LogP contribution in [0.1, 0.15) is 23.8 Å². The first-order chi connectivity index (χ1) is 11.2. The van der Waals surface area contributed by atoms with Gasteiger partial charge in [0.2, 0.25) is 17.7 Å². The van der Waals surface area contributed by atoms with Crippen molar-refractivity contribution in [1.82, 2.24) is 15.1 Å². The van der Waals surface area contributed by atoms with Crippen molar-refractivity contribution in [2.45, 2.75) is 38.4 Å². The monoisotopic (exact) mass is 333 g/mol. The first kappa shape index (κ1) is 14.8. The predicted molar refractivity (Wildman–Crippen MR) is 84.1 cm³/mol. The van der Waals surface area contributed by atoms with Crippen molar-refractivity contribution in [3.05, 3.63) is 34.2 Å². The second-order valence-electron chi connectivity index (χ2n) is 6.32. The van der Waals surface area contributed by atoms with Gasteiger partial charge in [0.25, 0.3) is 0 Å². The number of thiophene rings is 1. The SMILES string of the molecule is Cc1nnc(C[C@@H]2C[C@@H]3CN(C(=O)Cc4ccsc4)C[C@@H]3O2)o1. The third-order valence-corrected chi connectivity index (χ3v) is 5.30. The van der Waals surface area contributed by atoms with Crippen LogP contribution in [0.3, 0.4) is 0 Å². The van der Waals surface area contributed by atoms with Crippen LogP contribution in [0.5, 0.6) is 0 Å². The highest BCUT2D eigenvalue weighted by atomic mass is 32.1. The molecule has 6 nitrogen and oxygen atoms in total. The number of hydrogen-bond donors (Lipinski definition) is 0. The maximum Gasteiger partial charge on any atom is 0.227 e. The molecule has 122 valence electrons. The Morgan fingerprint density at radius 3 is 3.04 bits per heavy atom. The van der Waals surface area contributed by atoms with Gasteiger partial charge in [-0.2, -0.15) is 11.3 Å². The van der Waals surface area contributed by atoms with Crippen molar-refractivity contribution in [3.63, 3.8) is 0 Å². The number of amides is 1. The van der Waals surface area contributed by atoms with Crippen LogP contribution in [0.25, 0.3) is 0 Å². The summed E-state index contributed by atoms with van der Waals surface area (Å²) < 4.78 is 11.5. The topological polar surface area (TPSA) is 68.5 Å². The Morgan fingerprint density at radius 1 is 1.43 bits per heavy atom. The third kappa shape index (κ3) is 3.16. The molecule has 0 radical (unpaired) electrons. The Hall–Kier alpha value is -1.73. The summed E-state index contributed by atoms with van der Waals surface area (Å²) >= 11 is 1.63. The van der Waals surface area contributed by atoms with Crippen LogP contribution >= 0.6 is 11.3 Å². The number of fused-ring (bicyclic) bond motifs is 1. The Balaban J connectivity index is 1.30. The molecule has 2 aromatic rings. The van der Waals surface area contributed by atoms with Gasteiger partial charge in [-0.15, -0.1) is 10.2 Å². The van der Waals surface area contributed by atoms with Gasteiger partial charge in [0.05, 0.1) is 25.0 Å². The molecule has 2 aromatic heterocycles. The highest BCUT2D eigenvalue weighted by Crippen LogP contribution is 2.34. The summed E-state index contributed by atoms with van der Waals surface area (Å²) in [5, 5.41) is 11.9. The van der Waals surface area contributed by atoms with E-state index in [1.165, 1.54) is 0 Å². The minimum Gasteiger partial charge on any atom is -0.426 e. The molecule has 7 heteroatoms. The smallest absolute Gasteiger partial charge is 0.227 e. The quantitative estimate of drug-likeness (QED) is 0.854. The van der Waals surface area contributed by atoms with Gasteiger partial charge in [-0.25, -0.2) is 0 Å². The van der Waals surface area contributed by atoms with Crippen molar-refractivity contribution in [1.29, 1.82) is 0 Å². The Morgan fingerprint density at radius 2 is 2.35 bits per heavy atom. The first-order valence-corrected chi connectivity index (χ1v) is 8.85. The molecule has 4 rings (SSSR count). The maximum absolute atomic E-state index is 12.4. The number of likely N-dealkylation sites (tertiary alicyclic amines) is 1. The molecule has 0 N–H and O–H groups in total. The summed E-state index contributed by atoms with van der Waals surface area (Å²) in [6, 6.07) is 2.01. The average molecular weight is 333 g/mol. The summed E-state index contributed by atoms with van der Waals surface area (Å²) in [6.45, 7) is 3.29. The fraction of sp³-hybridized carbons (Fsp3) is 0.562. The number of carbonyl (C=O) groups excluding carboxylic acids is 1. The first-order valence-electron chi connectivity index (χ1n) is 7.90. The number of hydrogen-bond acceptors (Lipinski definition) is 6. The van der Waals surface area contributed by atoms with Gasteiger partial charge in [0.15, 0.2) is 0 Å². The summed E-state index contributed by atoms with van der Waals surface area (Å²) in [6.07, 6.45) is 2.38. The predicted octanol–water partition coefficient (Wildman–Crippen LogP) is 1.84. The molecule has 2 aliphatic rings. The van der Waals surface area contributed by atoms with Crippen LogP contribution < -0.4 is 0 Å². The Kier molecular flexibility index (Phi) is 3.90. The van der Waals surface area contributed by atoms with Gasteiger partial charge in [-0.05, 0) is 28.8 Å². The lowest BCUT2D eigenvalue weighted by atomic mass is 10.0. The van der Waals surface area contributed by atoms with E-state index in [1.54, 1.807) is 18.3 Å². The van der Waals surface area contributed by atoms with E-state index >= 15 is 0 Å². The number of aryl methyl sites for hydroxylation is 1. The second kappa shape index (κ2) is 6.05. The van der Waals surface area contributed by atoms with E-state index in [2.05, 4.69) is 10.2 Å². The average Bonchev–Trinajstić information content (AvgIpc) is 3.23. The molecule has 0 aliphatic carbocycles. The minimum absolute atomic E-state index is 0.124. The fourth-order valence-electron chi connectivity index (χ4n) is 3.49. The summed E-state index contributed by atoms with van der Waals surface area (Å²) in [7, 11) is 0. The van der Waals surface area contributed by atoms with Gasteiger partial charge in [0, 0.05) is 25.9 Å². The number of carbonyl (C=O) groups is 1. The van der Waals surface area contributed by atoms with Crippen molar-refractivity contribution in [3.8, 4) is 0 Å². The van der Waals surface area contributed by atoms with E-state index in [-0.39, 0.29) is 18.1 Å². The lowest BCUT2D eigenvalue weighted by Gasteiger charge is -2.18. The van der Waals surface area contributed by atoms with Crippen LogP contribution in [0.4, 0.5) is 0 Å². The molecule has 0 saturated carbocycles. The van der Waals surface area contributed by atoms with E-state index in [0.29, 0.717) is 37.1 Å². The van der Waals surface area contributed by atoms with Crippen LogP contribution in [-0.2, 0) is 22.4 Å². The van der Waals surface area contributed by atoms with Crippen LogP contribution in [0, 0.1) is 12.8 Å². The lowest BCUT2D eigenvalue weighted by molar-refractivity contribution is -0.130. The molecule has 3 atom stereocenters. The van der Waals surface area contributed by atoms with Crippen molar-refractivity contribution >= 4 is 17.2 Å². The Bertz CT molecular complexity index is 671. The van der Waals surface area contributed by atoms with Crippen molar-refractivity contribution < 1.29 is 13.9 Å². The van der Waals surface area contributed by atoms with Gasteiger partial charge in [-0.3, -0.25) is 4.79 Å². The molecule has 4 heterocycles. The fourth-order valence-corrected chi connectivity index (χ4v) is 4.16. The molecule has 0 spiro atoms. The van der Waals surface area contributed by atoms with E-state index in [0.717, 1.165) is 18.5 Å². The zero-order valence-corrected chi connectivity index (χ0v) is 13.8. The molecule has 23 heavy (non-hydrogen) atoms. The zero-order valence-electron chi connectivity index (χ0n) is 13.0. The van der Waals surface area contributed by atoms with Crippen molar-refractivity contribution in [2.75, 3.05) is 13.1 Å². The van der Waals surface area contributed by atoms with Crippen molar-refractivity contribution in [2.24, 2.45) is 5.92 Å². The molecular weight excluding hydrogens is 314 g/mol. The van der Waals surface area contributed by atoms with E-state index in [1.807, 2.05) is 21.7 Å². The van der Waals surface area contributed by atoms with Crippen LogP contribution in [0.15, 0.2) is 21.2 Å². The molecule has 2 saturated heterocycles. The van der Waals surface area contributed by atoms with E-state index < -0.39 is 0 Å². The standard InChI is InChI=1S/C16H19N3O3S/c1-10-17-18-15(21-10)6-13-5-12-7-19(8-14(12)22-13)16(20)4-11-2-3-23-9-11/h2-3,9,12-14H,4-8H2,1H3/t12-,13+,14+/m1/s1. The molecule has 2 aliphatic heterocycles. The summed E-state index contributed by atoms with van der Waals surface area (Å²) in [5.41, 5.74) is 1.10. The zero-order chi connectivity index (χ0) is 15.8. The number of nitrogens with zero attached hydrogens (tertiary/aromatic N) is 3. The number of rotatable bonds is 4. The maximum atomic E-state index is 12.4. The largest absolute Gasteiger partial charge is 0.426 e. The number of aromatic nitrogens is 2. The normalized spacial score (nSPS) is 26.7. The Labute approximate surface area is 138 Å². The minimum atomic E-state index is 0.124. The van der Waals surface area contributed by atoms with Gasteiger partial charge < -0.3 is 14.1 Å². The molecule has 0 aromatic carbocycles. The van der Waals surface area contributed by atoms with Gasteiger partial charge in [-0.1, -0.05) is 0 Å². The molecular formula is C16H19N3O3S. The molecule has 0 unspecified atom stereocenters. The van der Waals surface area contributed by atoms with Gasteiger partial charge >= 0.3 is 0 Å².